The molecule has 0 aromatic carbocycles. The molecule has 1 atom stereocenters. The summed E-state index contributed by atoms with van der Waals surface area (Å²) in [5.41, 5.74) is 0. The normalized spacial score (nSPS) is 12.2. The minimum Gasteiger partial charge on any atom is -0.481 e. The summed E-state index contributed by atoms with van der Waals surface area (Å²) in [5.74, 6) is -1.95. The number of hydrogen-bond donors (Lipinski definition) is 1. The van der Waals surface area contributed by atoms with Gasteiger partial charge in [0.25, 0.3) is 0 Å². The van der Waals surface area contributed by atoms with Crippen LogP contribution in [0.3, 0.4) is 0 Å². The highest BCUT2D eigenvalue weighted by Gasteiger charge is 2.17. The highest BCUT2D eigenvalue weighted by atomic mass is 16.5. The molecule has 0 saturated heterocycles. The van der Waals surface area contributed by atoms with E-state index in [2.05, 4.69) is 0 Å². The van der Waals surface area contributed by atoms with E-state index in [-0.39, 0.29) is 6.42 Å². The van der Waals surface area contributed by atoms with Crippen molar-refractivity contribution in [3.63, 3.8) is 0 Å². The number of carbonyl (C=O) groups is 2. The van der Waals surface area contributed by atoms with Crippen LogP contribution >= 0.6 is 0 Å². The van der Waals surface area contributed by atoms with Crippen molar-refractivity contribution in [1.82, 2.24) is 0 Å². The molecule has 0 saturated carbocycles. The molecular formula is C8H14O4. The summed E-state index contributed by atoms with van der Waals surface area (Å²) >= 11 is 0. The van der Waals surface area contributed by atoms with Crippen molar-refractivity contribution in [2.24, 2.45) is 5.92 Å². The Morgan fingerprint density at radius 2 is 2.08 bits per heavy atom. The zero-order chi connectivity index (χ0) is 9.56. The third kappa shape index (κ3) is 4.71. The summed E-state index contributed by atoms with van der Waals surface area (Å²) in [6.45, 7) is 3.80. The molecule has 4 heteroatoms. The Balaban J connectivity index is 3.69. The van der Waals surface area contributed by atoms with Crippen LogP contribution < -0.4 is 0 Å². The molecule has 0 fully saturated rings. The predicted octanol–water partition coefficient (Wildman–Crippen LogP) is 1.05. The number of aliphatic carboxylic acids is 1. The molecule has 0 aromatic heterocycles. The molecule has 1 unspecified atom stereocenters. The third-order valence-corrected chi connectivity index (χ3v) is 1.33. The van der Waals surface area contributed by atoms with E-state index in [0.29, 0.717) is 6.61 Å². The first kappa shape index (κ1) is 10.9. The first-order valence-electron chi connectivity index (χ1n) is 3.96. The number of carboxylic acid groups (broad SMARTS) is 1. The van der Waals surface area contributed by atoms with Gasteiger partial charge in [0.2, 0.25) is 0 Å². The van der Waals surface area contributed by atoms with Crippen molar-refractivity contribution >= 4 is 11.9 Å². The molecular weight excluding hydrogens is 160 g/mol. The lowest BCUT2D eigenvalue weighted by Crippen LogP contribution is -2.18. The van der Waals surface area contributed by atoms with Gasteiger partial charge >= 0.3 is 11.9 Å². The molecule has 0 spiro atoms. The van der Waals surface area contributed by atoms with Crippen LogP contribution in [0.1, 0.15) is 26.7 Å². The van der Waals surface area contributed by atoms with Gasteiger partial charge < -0.3 is 9.84 Å². The second-order valence-corrected chi connectivity index (χ2v) is 2.67. The summed E-state index contributed by atoms with van der Waals surface area (Å²) in [6, 6.07) is 0. The van der Waals surface area contributed by atoms with Crippen molar-refractivity contribution in [1.29, 1.82) is 0 Å². The number of carbonyl (C=O) groups excluding carboxylic acids is 1. The average Bonchev–Trinajstić information content (AvgIpc) is 1.98. The van der Waals surface area contributed by atoms with E-state index in [0.717, 1.165) is 6.42 Å². The lowest BCUT2D eigenvalue weighted by atomic mass is 10.1. The standard InChI is InChI=1S/C8H14O4/c1-3-4-12-8(11)6(2)5-7(9)10/h6H,3-5H2,1-2H3,(H,9,10). The average molecular weight is 174 g/mol. The van der Waals surface area contributed by atoms with Gasteiger partial charge in [0.1, 0.15) is 0 Å². The predicted molar refractivity (Wildman–Crippen MR) is 42.7 cm³/mol. The molecule has 0 heterocycles. The Kier molecular flexibility index (Phi) is 5.08. The summed E-state index contributed by atoms with van der Waals surface area (Å²) in [6.07, 6.45) is 0.591. The Morgan fingerprint density at radius 3 is 2.50 bits per heavy atom. The Bertz CT molecular complexity index is 164. The van der Waals surface area contributed by atoms with Crippen LogP contribution in [0.2, 0.25) is 0 Å². The summed E-state index contributed by atoms with van der Waals surface area (Å²) in [4.78, 5) is 21.1. The first-order chi connectivity index (χ1) is 5.57. The SMILES string of the molecule is CCCOC(=O)C(C)CC(=O)O. The van der Waals surface area contributed by atoms with Gasteiger partial charge in [-0.25, -0.2) is 0 Å². The molecule has 0 aliphatic rings. The smallest absolute Gasteiger partial charge is 0.309 e. The fourth-order valence-corrected chi connectivity index (χ4v) is 0.690. The largest absolute Gasteiger partial charge is 0.481 e. The van der Waals surface area contributed by atoms with E-state index in [9.17, 15) is 9.59 Å². The van der Waals surface area contributed by atoms with Crippen LogP contribution in [0.25, 0.3) is 0 Å². The zero-order valence-corrected chi connectivity index (χ0v) is 7.37. The van der Waals surface area contributed by atoms with Gasteiger partial charge in [0.05, 0.1) is 18.9 Å². The molecule has 0 amide bonds. The van der Waals surface area contributed by atoms with Crippen LogP contribution in [-0.2, 0) is 14.3 Å². The zero-order valence-electron chi connectivity index (χ0n) is 7.37. The molecule has 0 aromatic rings. The van der Waals surface area contributed by atoms with Crippen molar-refractivity contribution in [2.75, 3.05) is 6.61 Å². The summed E-state index contributed by atoms with van der Waals surface area (Å²) in [5, 5.41) is 8.35. The van der Waals surface area contributed by atoms with E-state index < -0.39 is 17.9 Å². The molecule has 0 aliphatic carbocycles. The topological polar surface area (TPSA) is 63.6 Å². The lowest BCUT2D eigenvalue weighted by molar-refractivity contribution is -0.152. The number of hydrogen-bond acceptors (Lipinski definition) is 3. The van der Waals surface area contributed by atoms with Crippen molar-refractivity contribution in [3.8, 4) is 0 Å². The summed E-state index contributed by atoms with van der Waals surface area (Å²) in [7, 11) is 0. The van der Waals surface area contributed by atoms with Crippen molar-refractivity contribution in [2.45, 2.75) is 26.7 Å². The van der Waals surface area contributed by atoms with Gasteiger partial charge in [-0.3, -0.25) is 9.59 Å². The van der Waals surface area contributed by atoms with Gasteiger partial charge in [-0.05, 0) is 6.42 Å². The maximum atomic E-state index is 11.0. The molecule has 12 heavy (non-hydrogen) atoms. The molecule has 1 N–H and O–H groups in total. The van der Waals surface area contributed by atoms with Crippen molar-refractivity contribution < 1.29 is 19.4 Å². The quantitative estimate of drug-likeness (QED) is 0.633. The fourth-order valence-electron chi connectivity index (χ4n) is 0.690. The van der Waals surface area contributed by atoms with Crippen molar-refractivity contribution in [3.05, 3.63) is 0 Å². The monoisotopic (exact) mass is 174 g/mol. The number of rotatable bonds is 5. The third-order valence-electron chi connectivity index (χ3n) is 1.33. The van der Waals surface area contributed by atoms with E-state index in [1.54, 1.807) is 6.92 Å². The van der Waals surface area contributed by atoms with E-state index in [4.69, 9.17) is 9.84 Å². The molecule has 0 bridgehead atoms. The summed E-state index contributed by atoms with van der Waals surface area (Å²) < 4.78 is 4.75. The molecule has 70 valence electrons. The van der Waals surface area contributed by atoms with Gasteiger partial charge in [0.15, 0.2) is 0 Å². The number of esters is 1. The second-order valence-electron chi connectivity index (χ2n) is 2.67. The van der Waals surface area contributed by atoms with E-state index >= 15 is 0 Å². The lowest BCUT2D eigenvalue weighted by Gasteiger charge is -2.07. The van der Waals surface area contributed by atoms with E-state index in [1.807, 2.05) is 6.92 Å². The van der Waals surface area contributed by atoms with Crippen LogP contribution in [0.4, 0.5) is 0 Å². The number of carboxylic acids is 1. The maximum absolute atomic E-state index is 11.0. The highest BCUT2D eigenvalue weighted by Crippen LogP contribution is 2.04. The molecule has 0 rings (SSSR count). The Hall–Kier alpha value is -1.06. The maximum Gasteiger partial charge on any atom is 0.309 e. The first-order valence-corrected chi connectivity index (χ1v) is 3.96. The minimum atomic E-state index is -0.976. The minimum absolute atomic E-state index is 0.164. The highest BCUT2D eigenvalue weighted by molar-refractivity contribution is 5.78. The van der Waals surface area contributed by atoms with Crippen LogP contribution in [0, 0.1) is 5.92 Å². The molecule has 4 nitrogen and oxygen atoms in total. The second kappa shape index (κ2) is 5.57. The molecule has 0 radical (unpaired) electrons. The van der Waals surface area contributed by atoms with E-state index in [1.165, 1.54) is 0 Å². The number of ether oxygens (including phenoxy) is 1. The van der Waals surface area contributed by atoms with Crippen LogP contribution in [-0.4, -0.2) is 23.7 Å². The van der Waals surface area contributed by atoms with Gasteiger partial charge in [-0.15, -0.1) is 0 Å². The fraction of sp³-hybridized carbons (Fsp3) is 0.750. The Labute approximate surface area is 71.5 Å². The molecule has 0 aliphatic heterocycles. The van der Waals surface area contributed by atoms with Gasteiger partial charge in [0, 0.05) is 0 Å². The van der Waals surface area contributed by atoms with Gasteiger partial charge in [-0.2, -0.15) is 0 Å². The van der Waals surface area contributed by atoms with Gasteiger partial charge in [-0.1, -0.05) is 13.8 Å². The van der Waals surface area contributed by atoms with Crippen LogP contribution in [0.15, 0.2) is 0 Å². The Morgan fingerprint density at radius 1 is 1.50 bits per heavy atom. The van der Waals surface area contributed by atoms with Crippen LogP contribution in [0.5, 0.6) is 0 Å².